The third-order valence-corrected chi connectivity index (χ3v) is 2.95. The number of guanidine groups is 1. The van der Waals surface area contributed by atoms with E-state index in [0.29, 0.717) is 12.3 Å². The minimum absolute atomic E-state index is 0. The topological polar surface area (TPSA) is 103 Å². The van der Waals surface area contributed by atoms with Crippen LogP contribution >= 0.6 is 24.0 Å². The molecule has 0 unspecified atom stereocenters. The Kier molecular flexibility index (Phi) is 7.26. The Balaban J connectivity index is 0.00000264. The predicted octanol–water partition coefficient (Wildman–Crippen LogP) is 3.15. The van der Waals surface area contributed by atoms with Crippen LogP contribution in [0.15, 0.2) is 53.5 Å². The van der Waals surface area contributed by atoms with E-state index in [1.165, 1.54) is 12.1 Å². The molecule has 0 aromatic heterocycles. The summed E-state index contributed by atoms with van der Waals surface area (Å²) in [4.78, 5) is 14.3. The average Bonchev–Trinajstić information content (AvgIpc) is 2.54. The fourth-order valence-electron chi connectivity index (χ4n) is 1.82. The molecule has 2 aromatic rings. The molecule has 0 bridgehead atoms. The second-order valence-corrected chi connectivity index (χ2v) is 4.45. The molecule has 3 N–H and O–H groups in total. The number of non-ortho nitro benzene ring substituents is 1. The maximum absolute atomic E-state index is 10.6. The Hall–Kier alpha value is -2.36. The van der Waals surface area contributed by atoms with Crippen molar-refractivity contribution in [1.82, 2.24) is 0 Å². The first-order valence-electron chi connectivity index (χ1n) is 6.53. The normalized spacial score (nSPS) is 10.6. The van der Waals surface area contributed by atoms with Crippen LogP contribution in [0.2, 0.25) is 0 Å². The highest BCUT2D eigenvalue weighted by Gasteiger charge is 2.04. The van der Waals surface area contributed by atoms with Crippen molar-refractivity contribution in [3.63, 3.8) is 0 Å². The monoisotopic (exact) mass is 428 g/mol. The Morgan fingerprint density at radius 3 is 2.52 bits per heavy atom. The number of nitro benzene ring substituents is 1. The Morgan fingerprint density at radius 1 is 1.26 bits per heavy atom. The van der Waals surface area contributed by atoms with Gasteiger partial charge in [0, 0.05) is 12.1 Å². The van der Waals surface area contributed by atoms with Crippen molar-refractivity contribution in [2.45, 2.75) is 6.54 Å². The molecule has 0 atom stereocenters. The third kappa shape index (κ3) is 5.40. The van der Waals surface area contributed by atoms with Crippen LogP contribution in [0.1, 0.15) is 5.56 Å². The number of nitrogens with zero attached hydrogens (tertiary/aromatic N) is 2. The number of benzene rings is 2. The lowest BCUT2D eigenvalue weighted by atomic mass is 10.2. The second kappa shape index (κ2) is 8.93. The van der Waals surface area contributed by atoms with Crippen molar-refractivity contribution in [3.05, 3.63) is 64.2 Å². The molecule has 23 heavy (non-hydrogen) atoms. The van der Waals surface area contributed by atoms with E-state index >= 15 is 0 Å². The number of hydrogen-bond acceptors (Lipinski definition) is 4. The van der Waals surface area contributed by atoms with E-state index in [4.69, 9.17) is 10.5 Å². The summed E-state index contributed by atoms with van der Waals surface area (Å²) >= 11 is 0. The summed E-state index contributed by atoms with van der Waals surface area (Å²) in [6, 6.07) is 13.5. The van der Waals surface area contributed by atoms with Crippen molar-refractivity contribution in [3.8, 4) is 5.75 Å². The zero-order valence-electron chi connectivity index (χ0n) is 12.4. The van der Waals surface area contributed by atoms with E-state index in [2.05, 4.69) is 10.3 Å². The molecule has 122 valence electrons. The van der Waals surface area contributed by atoms with Gasteiger partial charge in [-0.05, 0) is 17.7 Å². The molecule has 0 aliphatic carbocycles. The first-order chi connectivity index (χ1) is 10.6. The van der Waals surface area contributed by atoms with E-state index in [9.17, 15) is 10.1 Å². The highest BCUT2D eigenvalue weighted by atomic mass is 127. The average molecular weight is 428 g/mol. The van der Waals surface area contributed by atoms with Crippen molar-refractivity contribution < 1.29 is 9.66 Å². The Labute approximate surface area is 150 Å². The van der Waals surface area contributed by atoms with E-state index in [1.807, 2.05) is 24.3 Å². The van der Waals surface area contributed by atoms with Gasteiger partial charge in [-0.25, -0.2) is 4.99 Å². The molecule has 8 heteroatoms. The largest absolute Gasteiger partial charge is 0.495 e. The maximum Gasteiger partial charge on any atom is 0.269 e. The van der Waals surface area contributed by atoms with E-state index < -0.39 is 4.92 Å². The number of para-hydroxylation sites is 2. The van der Waals surface area contributed by atoms with Gasteiger partial charge in [0.05, 0.1) is 24.3 Å². The summed E-state index contributed by atoms with van der Waals surface area (Å²) in [5, 5.41) is 13.5. The van der Waals surface area contributed by atoms with Gasteiger partial charge in [-0.15, -0.1) is 24.0 Å². The summed E-state index contributed by atoms with van der Waals surface area (Å²) in [6.45, 7) is 0.325. The number of halogens is 1. The summed E-state index contributed by atoms with van der Waals surface area (Å²) in [7, 11) is 1.57. The molecule has 0 aliphatic heterocycles. The van der Waals surface area contributed by atoms with Crippen LogP contribution in [0.5, 0.6) is 5.75 Å². The molecule has 0 spiro atoms. The van der Waals surface area contributed by atoms with Crippen LogP contribution in [-0.2, 0) is 6.54 Å². The van der Waals surface area contributed by atoms with Gasteiger partial charge >= 0.3 is 0 Å². The van der Waals surface area contributed by atoms with E-state index in [1.54, 1.807) is 19.2 Å². The lowest BCUT2D eigenvalue weighted by Gasteiger charge is -2.10. The van der Waals surface area contributed by atoms with Crippen molar-refractivity contribution >= 4 is 41.3 Å². The lowest BCUT2D eigenvalue weighted by Crippen LogP contribution is -2.22. The van der Waals surface area contributed by atoms with Gasteiger partial charge in [-0.2, -0.15) is 0 Å². The molecule has 0 aliphatic rings. The molecule has 0 radical (unpaired) electrons. The first-order valence-corrected chi connectivity index (χ1v) is 6.53. The lowest BCUT2D eigenvalue weighted by molar-refractivity contribution is -0.384. The summed E-state index contributed by atoms with van der Waals surface area (Å²) in [6.07, 6.45) is 0. The van der Waals surface area contributed by atoms with Crippen LogP contribution < -0.4 is 15.8 Å². The summed E-state index contributed by atoms with van der Waals surface area (Å²) in [5.41, 5.74) is 7.43. The third-order valence-electron chi connectivity index (χ3n) is 2.95. The minimum Gasteiger partial charge on any atom is -0.495 e. The molecule has 7 nitrogen and oxygen atoms in total. The first kappa shape index (κ1) is 18.7. The van der Waals surface area contributed by atoms with Gasteiger partial charge in [-0.3, -0.25) is 10.1 Å². The molecular weight excluding hydrogens is 411 g/mol. The van der Waals surface area contributed by atoms with Gasteiger partial charge in [0.25, 0.3) is 5.69 Å². The van der Waals surface area contributed by atoms with Crippen LogP contribution in [0.3, 0.4) is 0 Å². The molecule has 0 fully saturated rings. The van der Waals surface area contributed by atoms with Gasteiger partial charge in [0.1, 0.15) is 5.75 Å². The van der Waals surface area contributed by atoms with E-state index in [0.717, 1.165) is 11.3 Å². The Morgan fingerprint density at radius 2 is 1.91 bits per heavy atom. The number of hydrogen-bond donors (Lipinski definition) is 2. The highest BCUT2D eigenvalue weighted by Crippen LogP contribution is 2.22. The fourth-order valence-corrected chi connectivity index (χ4v) is 1.82. The Bertz CT molecular complexity index is 689. The number of ether oxygens (including phenoxy) is 1. The number of nitrogens with two attached hydrogens (primary N) is 1. The molecule has 0 saturated carbocycles. The molecule has 2 rings (SSSR count). The minimum atomic E-state index is -0.440. The highest BCUT2D eigenvalue weighted by molar-refractivity contribution is 14.0. The SMILES string of the molecule is COc1ccccc1NC(N)=NCc1ccc([N+](=O)[O-])cc1.I. The molecular formula is C15H17IN4O3. The summed E-state index contributed by atoms with van der Waals surface area (Å²) < 4.78 is 5.21. The van der Waals surface area contributed by atoms with Crippen molar-refractivity contribution in [1.29, 1.82) is 0 Å². The molecule has 0 heterocycles. The van der Waals surface area contributed by atoms with Gasteiger partial charge in [0.2, 0.25) is 0 Å². The number of nitro groups is 1. The van der Waals surface area contributed by atoms with Crippen molar-refractivity contribution in [2.24, 2.45) is 10.7 Å². The predicted molar refractivity (Wildman–Crippen MR) is 100 cm³/mol. The van der Waals surface area contributed by atoms with E-state index in [-0.39, 0.29) is 35.6 Å². The van der Waals surface area contributed by atoms with Crippen LogP contribution in [0, 0.1) is 10.1 Å². The van der Waals surface area contributed by atoms with Crippen LogP contribution in [-0.4, -0.2) is 18.0 Å². The number of methoxy groups -OCH3 is 1. The van der Waals surface area contributed by atoms with Crippen LogP contribution in [0.25, 0.3) is 0 Å². The second-order valence-electron chi connectivity index (χ2n) is 4.45. The van der Waals surface area contributed by atoms with Gasteiger partial charge in [-0.1, -0.05) is 24.3 Å². The van der Waals surface area contributed by atoms with Gasteiger partial charge < -0.3 is 15.8 Å². The standard InChI is InChI=1S/C15H16N4O3.HI/c1-22-14-5-3-2-4-13(14)18-15(16)17-10-11-6-8-12(9-7-11)19(20)21;/h2-9H,10H2,1H3,(H3,16,17,18);1H. The number of nitrogens with one attached hydrogen (secondary N) is 1. The molecule has 0 saturated heterocycles. The zero-order valence-corrected chi connectivity index (χ0v) is 14.8. The van der Waals surface area contributed by atoms with Gasteiger partial charge in [0.15, 0.2) is 5.96 Å². The zero-order chi connectivity index (χ0) is 15.9. The quantitative estimate of drug-likeness (QED) is 0.251. The fraction of sp³-hybridized carbons (Fsp3) is 0.133. The molecule has 2 aromatic carbocycles. The van der Waals surface area contributed by atoms with Crippen LogP contribution in [0.4, 0.5) is 11.4 Å². The molecule has 0 amide bonds. The summed E-state index contributed by atoms with van der Waals surface area (Å²) in [5.74, 6) is 0.902. The number of aliphatic imine (C=N–C) groups is 1. The number of rotatable bonds is 5. The smallest absolute Gasteiger partial charge is 0.269 e. The number of anilines is 1. The maximum atomic E-state index is 10.6. The van der Waals surface area contributed by atoms with Crippen molar-refractivity contribution in [2.75, 3.05) is 12.4 Å².